The molecule has 0 radical (unpaired) electrons. The van der Waals surface area contributed by atoms with Crippen molar-refractivity contribution in [1.82, 2.24) is 0 Å². The number of ether oxygens (including phenoxy) is 18. The average molecular weight is 1990 g/mol. The topological polar surface area (TPSA) is 271 Å². The first-order chi connectivity index (χ1) is 72.1. The first-order valence-electron chi connectivity index (χ1n) is 48.9. The zero-order chi connectivity index (χ0) is 101. The van der Waals surface area contributed by atoms with Crippen molar-refractivity contribution in [1.29, 1.82) is 0 Å². The van der Waals surface area contributed by atoms with Gasteiger partial charge in [0.15, 0.2) is 12.2 Å². The third-order valence-electron chi connectivity index (χ3n) is 26.2. The summed E-state index contributed by atoms with van der Waals surface area (Å²) < 4.78 is 106. The minimum absolute atomic E-state index is 0.0278. The first-order valence-corrected chi connectivity index (χ1v) is 49.2. The minimum Gasteiger partial charge on any atom is -0.491 e. The fraction of sp³-hybridized carbons (Fsp3) is 0.211. The molecule has 8 atom stereocenters. The number of esters is 2. The summed E-state index contributed by atoms with van der Waals surface area (Å²) in [5.74, 6) is 6.98. The molecule has 6 aliphatic rings. The highest BCUT2D eigenvalue weighted by Gasteiger charge is 2.48. The zero-order valence-electron chi connectivity index (χ0n) is 80.5. The normalized spacial score (nSPS) is 16.4. The van der Waals surface area contributed by atoms with Crippen LogP contribution in [0.1, 0.15) is 44.5 Å². The van der Waals surface area contributed by atoms with Gasteiger partial charge in [-0.2, -0.15) is 0 Å². The molecule has 23 nitrogen and oxygen atoms in total. The molecule has 0 spiro atoms. The van der Waals surface area contributed by atoms with Gasteiger partial charge in [0, 0.05) is 33.7 Å². The smallest absolute Gasteiger partial charge is 0.330 e. The number of aliphatic hydroxyl groups excluding tert-OH is 2. The molecule has 2 aliphatic carbocycles. The summed E-state index contributed by atoms with van der Waals surface area (Å²) in [5, 5.41) is 29.0. The van der Waals surface area contributed by atoms with E-state index in [1.54, 1.807) is 0 Å². The Hall–Kier alpha value is -16.0. The number of epoxide rings is 4. The van der Waals surface area contributed by atoms with Crippen molar-refractivity contribution in [2.45, 2.75) is 59.7 Å². The molecule has 4 fully saturated rings. The Labute approximate surface area is 855 Å². The van der Waals surface area contributed by atoms with Crippen LogP contribution in [0.5, 0.6) is 69.0 Å². The molecule has 22 rings (SSSR count). The van der Waals surface area contributed by atoms with E-state index in [0.29, 0.717) is 72.4 Å². The number of hydrogen-bond acceptors (Lipinski definition) is 23. The number of aliphatic hydroxyl groups is 2. The largest absolute Gasteiger partial charge is 0.491 e. The second kappa shape index (κ2) is 45.5. The molecule has 147 heavy (non-hydrogen) atoms. The van der Waals surface area contributed by atoms with E-state index in [9.17, 15) is 24.6 Å². The minimum atomic E-state index is -0.864. The van der Waals surface area contributed by atoms with Gasteiger partial charge < -0.3 is 95.5 Å². The summed E-state index contributed by atoms with van der Waals surface area (Å²) in [7, 11) is 0. The summed E-state index contributed by atoms with van der Waals surface area (Å²) >= 11 is 4.71. The third-order valence-corrected chi connectivity index (χ3v) is 26.3. The van der Waals surface area contributed by atoms with Crippen LogP contribution in [-0.2, 0) is 53.6 Å². The Kier molecular flexibility index (Phi) is 30.5. The van der Waals surface area contributed by atoms with Crippen molar-refractivity contribution in [2.75, 3.05) is 106 Å². The van der Waals surface area contributed by atoms with E-state index < -0.39 is 52.4 Å². The summed E-state index contributed by atoms with van der Waals surface area (Å²) in [6.07, 6.45) is 0.740. The molecule has 4 saturated heterocycles. The number of rotatable bonds is 45. The van der Waals surface area contributed by atoms with Crippen molar-refractivity contribution < 1.29 is 110 Å². The lowest BCUT2D eigenvalue weighted by Gasteiger charge is -2.34. The molecule has 24 heteroatoms. The van der Waals surface area contributed by atoms with Gasteiger partial charge in [-0.05, 0) is 252 Å². The van der Waals surface area contributed by atoms with E-state index in [4.69, 9.17) is 96.9 Å². The number of halogens is 1. The average Bonchev–Trinajstić information content (AvgIpc) is 1.54. The molecule has 744 valence electrons. The molecule has 0 aromatic heterocycles. The highest BCUT2D eigenvalue weighted by atomic mass is 35.5. The predicted octanol–water partition coefficient (Wildman–Crippen LogP) is 21.5. The predicted molar refractivity (Wildman–Crippen MR) is 561 cm³/mol. The standard InChI is InChI=1S/C63H54O12.C57H50O10.C3H3ClO/c1-3-61(64)74-51(39-69-48-28-30-53-42(32-48)11-9-17-59(53)72-36-50-35-71-50)37-66-45-23-19-43(20-24-45)63(57-15-7-5-13-55(57)56-14-6-8-16-58(56)63)44-21-25-46(26-22-44)67-38-52(75-62(65)4-2)40-73-60-18-10-12-41-31-47(27-29-54(41)60)68-33-49-34-70-49;58-41(31-62-45-23-25-50-37(27-45)8-6-14-56(50)67-36-48-35-65-48)29-60-43-19-15-39(16-20-43)57(53-11-3-1-9-51(53)52-10-2-4-12-54(52)57)40-17-21-44(22-18-40)61-30-42(59)32-66-55-13-5-7-38-28-46(24-26-49(38)55)63-33-47-34-64-47;1-2-3(4)5/h3-32,49-52H,1-2,33-40H2;1-28,41-42,47-48,58-59H,29-36H2;2H,1H2. The van der Waals surface area contributed by atoms with E-state index in [2.05, 4.69) is 165 Å². The number of benzene rings is 16. The maximum Gasteiger partial charge on any atom is 0.330 e. The summed E-state index contributed by atoms with van der Waals surface area (Å²) in [4.78, 5) is 34.5. The summed E-state index contributed by atoms with van der Waals surface area (Å²) in [6.45, 7) is 15.7. The van der Waals surface area contributed by atoms with Crippen molar-refractivity contribution in [3.63, 3.8) is 0 Å². The molecular formula is C123H107ClO23. The Bertz CT molecular complexity index is 7310. The number of hydrogen-bond donors (Lipinski definition) is 2. The van der Waals surface area contributed by atoms with Gasteiger partial charge in [-0.3, -0.25) is 4.79 Å². The summed E-state index contributed by atoms with van der Waals surface area (Å²) in [6, 6.07) is 113. The van der Waals surface area contributed by atoms with Crippen LogP contribution in [0, 0.1) is 0 Å². The molecule has 2 N–H and O–H groups in total. The van der Waals surface area contributed by atoms with E-state index in [0.717, 1.165) is 155 Å². The third kappa shape index (κ3) is 23.4. The van der Waals surface area contributed by atoms with E-state index in [-0.39, 0.29) is 77.3 Å². The lowest BCUT2D eigenvalue weighted by atomic mass is 9.68. The Morgan fingerprint density at radius 3 is 0.803 bits per heavy atom. The molecule has 0 bridgehead atoms. The van der Waals surface area contributed by atoms with Crippen molar-refractivity contribution in [2.24, 2.45) is 0 Å². The molecule has 4 aliphatic heterocycles. The van der Waals surface area contributed by atoms with Crippen molar-refractivity contribution in [3.8, 4) is 91.2 Å². The molecule has 16 aromatic rings. The van der Waals surface area contributed by atoms with Crippen LogP contribution in [0.2, 0.25) is 0 Å². The van der Waals surface area contributed by atoms with Crippen LogP contribution in [0.3, 0.4) is 0 Å². The molecule has 0 saturated carbocycles. The highest BCUT2D eigenvalue weighted by Crippen LogP contribution is 2.59. The van der Waals surface area contributed by atoms with Gasteiger partial charge >= 0.3 is 11.9 Å². The molecule has 4 heterocycles. The van der Waals surface area contributed by atoms with Gasteiger partial charge in [-0.25, -0.2) is 9.59 Å². The number of carbonyl (C=O) groups is 3. The van der Waals surface area contributed by atoms with Gasteiger partial charge in [-0.15, -0.1) is 0 Å². The SMILES string of the molecule is C=CC(=O)Cl.C=CC(=O)OC(COc1ccc(C2(c3ccc(OCC(COc4cccc5cc(OCC6CO6)ccc45)OC(=O)C=C)cc3)c3ccccc3-c3ccccc32)cc1)COc1ccc2c(OCC3CO3)cccc2c1.OC(COc1ccc(C2(c3ccc(OCC(O)COc4cccc5cc(OCC6CO6)ccc45)cc3)c3ccccc3-c3ccccc32)cc1)COc1ccc2c(OCC3CO3)cccc2c1. The Balaban J connectivity index is 0.000000172. The van der Waals surface area contributed by atoms with Crippen LogP contribution < -0.4 is 56.8 Å². The van der Waals surface area contributed by atoms with Gasteiger partial charge in [0.05, 0.1) is 37.3 Å². The van der Waals surface area contributed by atoms with E-state index in [1.807, 2.05) is 194 Å². The molecule has 8 unspecified atom stereocenters. The van der Waals surface area contributed by atoms with Crippen LogP contribution in [0.4, 0.5) is 0 Å². The second-order valence-electron chi connectivity index (χ2n) is 36.2. The lowest BCUT2D eigenvalue weighted by molar-refractivity contribution is -0.147. The van der Waals surface area contributed by atoms with Crippen LogP contribution in [-0.4, -0.2) is 182 Å². The van der Waals surface area contributed by atoms with Crippen LogP contribution in [0.15, 0.2) is 378 Å². The Morgan fingerprint density at radius 2 is 0.517 bits per heavy atom. The number of carbonyl (C=O) groups excluding carboxylic acids is 3. The van der Waals surface area contributed by atoms with E-state index >= 15 is 0 Å². The quantitative estimate of drug-likeness (QED) is 0.0155. The zero-order valence-corrected chi connectivity index (χ0v) is 81.2. The Morgan fingerprint density at radius 1 is 0.286 bits per heavy atom. The van der Waals surface area contributed by atoms with Gasteiger partial charge in [0.1, 0.15) is 185 Å². The van der Waals surface area contributed by atoms with E-state index in [1.165, 1.54) is 22.3 Å². The van der Waals surface area contributed by atoms with Crippen molar-refractivity contribution >= 4 is 71.9 Å². The van der Waals surface area contributed by atoms with Crippen LogP contribution in [0.25, 0.3) is 65.3 Å². The van der Waals surface area contributed by atoms with Gasteiger partial charge in [0.25, 0.3) is 0 Å². The fourth-order valence-corrected chi connectivity index (χ4v) is 18.7. The monoisotopic (exact) mass is 1990 g/mol. The highest BCUT2D eigenvalue weighted by molar-refractivity contribution is 6.66. The van der Waals surface area contributed by atoms with Gasteiger partial charge in [-0.1, -0.05) is 214 Å². The fourth-order valence-electron chi connectivity index (χ4n) is 18.7. The van der Waals surface area contributed by atoms with Crippen LogP contribution >= 0.6 is 11.6 Å². The summed E-state index contributed by atoms with van der Waals surface area (Å²) in [5.41, 5.74) is 12.1. The second-order valence-corrected chi connectivity index (χ2v) is 36.6. The molecule has 16 aromatic carbocycles. The molecule has 0 amide bonds. The maximum atomic E-state index is 12.5. The number of fused-ring (bicyclic) bond motifs is 10. The lowest BCUT2D eigenvalue weighted by Crippen LogP contribution is -2.31. The number of allylic oxidation sites excluding steroid dienone is 1. The first kappa shape index (κ1) is 98.4. The van der Waals surface area contributed by atoms with Gasteiger partial charge in [0.2, 0.25) is 5.24 Å². The maximum absolute atomic E-state index is 12.5. The van der Waals surface area contributed by atoms with Crippen molar-refractivity contribution in [3.05, 3.63) is 422 Å². The molecular weight excluding hydrogens is 1880 g/mol.